The molecular formula is C24H39ClN2O. The van der Waals surface area contributed by atoms with Gasteiger partial charge in [-0.15, -0.1) is 0 Å². The van der Waals surface area contributed by atoms with Crippen LogP contribution in [0.1, 0.15) is 70.8 Å². The topological polar surface area (TPSA) is 15.7 Å². The lowest BCUT2D eigenvalue weighted by molar-refractivity contribution is -0.0220. The molecule has 1 aromatic rings. The van der Waals surface area contributed by atoms with Gasteiger partial charge in [-0.2, -0.15) is 0 Å². The summed E-state index contributed by atoms with van der Waals surface area (Å²) in [6, 6.07) is 9.49. The van der Waals surface area contributed by atoms with Crippen molar-refractivity contribution in [3.8, 4) is 0 Å². The van der Waals surface area contributed by atoms with Crippen molar-refractivity contribution in [3.63, 3.8) is 0 Å². The highest BCUT2D eigenvalue weighted by molar-refractivity contribution is 6.30. The molecule has 2 fully saturated rings. The smallest absolute Gasteiger partial charge is 0.0594 e. The number of nitrogens with zero attached hydrogens (tertiary/aromatic N) is 2. The molecule has 0 bridgehead atoms. The van der Waals surface area contributed by atoms with Crippen LogP contribution in [0.5, 0.6) is 0 Å². The van der Waals surface area contributed by atoms with E-state index in [1.54, 1.807) is 0 Å². The average molecular weight is 407 g/mol. The van der Waals surface area contributed by atoms with Crippen LogP contribution >= 0.6 is 11.6 Å². The summed E-state index contributed by atoms with van der Waals surface area (Å²) in [6.07, 6.45) is 10.2. The third-order valence-corrected chi connectivity index (χ3v) is 7.15. The van der Waals surface area contributed by atoms with Crippen molar-refractivity contribution >= 4 is 11.6 Å². The van der Waals surface area contributed by atoms with E-state index in [-0.39, 0.29) is 5.54 Å². The molecule has 0 N–H and O–H groups in total. The quantitative estimate of drug-likeness (QED) is 0.522. The SMILES string of the molecule is CCCCN(CCCC)C1(c2ccc(Cl)cc2)CCC(N2CCOCC2)CC1. The number of morpholine rings is 1. The number of benzene rings is 1. The van der Waals surface area contributed by atoms with Gasteiger partial charge in [0.2, 0.25) is 0 Å². The summed E-state index contributed by atoms with van der Waals surface area (Å²) in [5, 5.41) is 0.842. The molecule has 0 atom stereocenters. The molecule has 3 rings (SSSR count). The van der Waals surface area contributed by atoms with Crippen molar-refractivity contribution in [1.82, 2.24) is 9.80 Å². The van der Waals surface area contributed by atoms with Crippen molar-refractivity contribution in [3.05, 3.63) is 34.9 Å². The van der Waals surface area contributed by atoms with Crippen molar-refractivity contribution < 1.29 is 4.74 Å². The number of rotatable bonds is 9. The molecule has 0 unspecified atom stereocenters. The first-order valence-corrected chi connectivity index (χ1v) is 11.9. The number of halogens is 1. The lowest BCUT2D eigenvalue weighted by Crippen LogP contribution is -2.53. The van der Waals surface area contributed by atoms with Crippen LogP contribution in [0, 0.1) is 0 Å². The fraction of sp³-hybridized carbons (Fsp3) is 0.750. The van der Waals surface area contributed by atoms with Gasteiger partial charge in [0.15, 0.2) is 0 Å². The van der Waals surface area contributed by atoms with Gasteiger partial charge in [0.1, 0.15) is 0 Å². The van der Waals surface area contributed by atoms with E-state index in [4.69, 9.17) is 16.3 Å². The monoisotopic (exact) mass is 406 g/mol. The van der Waals surface area contributed by atoms with E-state index < -0.39 is 0 Å². The summed E-state index contributed by atoms with van der Waals surface area (Å²) in [5.41, 5.74) is 1.65. The predicted octanol–water partition coefficient (Wildman–Crippen LogP) is 5.71. The fourth-order valence-corrected chi connectivity index (χ4v) is 5.30. The highest BCUT2D eigenvalue weighted by Gasteiger charge is 2.42. The summed E-state index contributed by atoms with van der Waals surface area (Å²) in [4.78, 5) is 5.51. The third-order valence-electron chi connectivity index (χ3n) is 6.89. The summed E-state index contributed by atoms with van der Waals surface area (Å²) in [6.45, 7) is 11.0. The molecule has 4 heteroatoms. The molecule has 0 radical (unpaired) electrons. The van der Waals surface area contributed by atoms with Gasteiger partial charge in [0, 0.05) is 29.7 Å². The summed E-state index contributed by atoms with van der Waals surface area (Å²) >= 11 is 6.24. The Hall–Kier alpha value is -0.610. The summed E-state index contributed by atoms with van der Waals surface area (Å²) < 4.78 is 5.58. The maximum Gasteiger partial charge on any atom is 0.0594 e. The van der Waals surface area contributed by atoms with Crippen molar-refractivity contribution in [2.24, 2.45) is 0 Å². The van der Waals surface area contributed by atoms with Crippen molar-refractivity contribution in [1.29, 1.82) is 0 Å². The number of hydrogen-bond acceptors (Lipinski definition) is 3. The van der Waals surface area contributed by atoms with Crippen LogP contribution in [-0.2, 0) is 10.3 Å². The van der Waals surface area contributed by atoms with Crippen LogP contribution in [0.2, 0.25) is 5.02 Å². The average Bonchev–Trinajstić information content (AvgIpc) is 2.75. The number of ether oxygens (including phenoxy) is 1. The molecule has 1 aliphatic carbocycles. The Balaban J connectivity index is 1.81. The molecule has 0 amide bonds. The minimum absolute atomic E-state index is 0.178. The van der Waals surface area contributed by atoms with E-state index in [9.17, 15) is 0 Å². The van der Waals surface area contributed by atoms with Crippen molar-refractivity contribution in [2.45, 2.75) is 76.8 Å². The van der Waals surface area contributed by atoms with E-state index in [0.29, 0.717) is 0 Å². The van der Waals surface area contributed by atoms with Gasteiger partial charge < -0.3 is 4.74 Å². The zero-order chi connectivity index (χ0) is 19.8. The second-order valence-corrected chi connectivity index (χ2v) is 9.05. The van der Waals surface area contributed by atoms with Gasteiger partial charge >= 0.3 is 0 Å². The Morgan fingerprint density at radius 3 is 2.11 bits per heavy atom. The molecule has 1 saturated heterocycles. The maximum absolute atomic E-state index is 6.24. The van der Waals surface area contributed by atoms with E-state index in [1.807, 2.05) is 0 Å². The molecule has 1 aliphatic heterocycles. The maximum atomic E-state index is 6.24. The first-order chi connectivity index (χ1) is 13.7. The standard InChI is InChI=1S/C24H39ClN2O/c1-3-5-15-27(16-6-4-2)24(21-7-9-22(25)10-8-21)13-11-23(12-14-24)26-17-19-28-20-18-26/h7-10,23H,3-6,11-20H2,1-2H3. The minimum Gasteiger partial charge on any atom is -0.379 e. The van der Waals surface area contributed by atoms with E-state index in [1.165, 1.54) is 70.0 Å². The Labute approximate surface area is 177 Å². The summed E-state index contributed by atoms with van der Waals surface area (Å²) in [5.74, 6) is 0. The molecule has 3 nitrogen and oxygen atoms in total. The molecule has 1 heterocycles. The van der Waals surface area contributed by atoms with Crippen LogP contribution in [0.4, 0.5) is 0 Å². The van der Waals surface area contributed by atoms with Gasteiger partial charge in [-0.1, -0.05) is 50.4 Å². The van der Waals surface area contributed by atoms with Gasteiger partial charge in [0.25, 0.3) is 0 Å². The molecule has 0 spiro atoms. The molecule has 0 aromatic heterocycles. The highest BCUT2D eigenvalue weighted by atomic mass is 35.5. The first kappa shape index (κ1) is 22.1. The fourth-order valence-electron chi connectivity index (χ4n) is 5.17. The largest absolute Gasteiger partial charge is 0.379 e. The second kappa shape index (κ2) is 11.0. The van der Waals surface area contributed by atoms with Crippen LogP contribution in [0.25, 0.3) is 0 Å². The van der Waals surface area contributed by atoms with Gasteiger partial charge in [-0.05, 0) is 69.3 Å². The van der Waals surface area contributed by atoms with Gasteiger partial charge in [-0.25, -0.2) is 0 Å². The summed E-state index contributed by atoms with van der Waals surface area (Å²) in [7, 11) is 0. The Morgan fingerprint density at radius 2 is 1.57 bits per heavy atom. The Morgan fingerprint density at radius 1 is 1.00 bits per heavy atom. The Bertz CT molecular complexity index is 554. The lowest BCUT2D eigenvalue weighted by Gasteiger charge is -2.51. The molecule has 1 aromatic carbocycles. The normalized spacial score (nSPS) is 26.6. The third kappa shape index (κ3) is 5.30. The molecule has 2 aliphatic rings. The zero-order valence-electron chi connectivity index (χ0n) is 18.0. The highest BCUT2D eigenvalue weighted by Crippen LogP contribution is 2.44. The van der Waals surface area contributed by atoms with Crippen molar-refractivity contribution in [2.75, 3.05) is 39.4 Å². The van der Waals surface area contributed by atoms with Crippen LogP contribution in [-0.4, -0.2) is 55.2 Å². The zero-order valence-corrected chi connectivity index (χ0v) is 18.7. The van der Waals surface area contributed by atoms with Crippen LogP contribution in [0.3, 0.4) is 0 Å². The molecule has 158 valence electrons. The number of unbranched alkanes of at least 4 members (excludes halogenated alkanes) is 2. The van der Waals surface area contributed by atoms with E-state index in [2.05, 4.69) is 47.9 Å². The molecule has 1 saturated carbocycles. The Kier molecular flexibility index (Phi) is 8.65. The van der Waals surface area contributed by atoms with Crippen LogP contribution < -0.4 is 0 Å². The minimum atomic E-state index is 0.178. The van der Waals surface area contributed by atoms with E-state index >= 15 is 0 Å². The molecular weight excluding hydrogens is 368 g/mol. The van der Waals surface area contributed by atoms with Gasteiger partial charge in [0.05, 0.1) is 13.2 Å². The van der Waals surface area contributed by atoms with E-state index in [0.717, 1.165) is 37.4 Å². The number of hydrogen-bond donors (Lipinski definition) is 0. The molecule has 28 heavy (non-hydrogen) atoms. The van der Waals surface area contributed by atoms with Crippen LogP contribution in [0.15, 0.2) is 24.3 Å². The van der Waals surface area contributed by atoms with Gasteiger partial charge in [-0.3, -0.25) is 9.80 Å². The predicted molar refractivity (Wildman–Crippen MR) is 119 cm³/mol. The lowest BCUT2D eigenvalue weighted by atomic mass is 9.73. The first-order valence-electron chi connectivity index (χ1n) is 11.5. The second-order valence-electron chi connectivity index (χ2n) is 8.61.